The third kappa shape index (κ3) is 4.15. The van der Waals surface area contributed by atoms with Gasteiger partial charge >= 0.3 is 5.97 Å². The molecule has 0 unspecified atom stereocenters. The van der Waals surface area contributed by atoms with E-state index >= 15 is 0 Å². The van der Waals surface area contributed by atoms with Crippen LogP contribution in [-0.4, -0.2) is 39.6 Å². The smallest absolute Gasteiger partial charge is 0.330 e. The Balaban J connectivity index is 2.95. The summed E-state index contributed by atoms with van der Waals surface area (Å²) in [5.41, 5.74) is 1.69. The first-order valence-electron chi connectivity index (χ1n) is 5.89. The lowest BCUT2D eigenvalue weighted by Gasteiger charge is -2.15. The van der Waals surface area contributed by atoms with Gasteiger partial charge < -0.3 is 14.2 Å². The van der Waals surface area contributed by atoms with Gasteiger partial charge in [0.1, 0.15) is 6.04 Å². The molecule has 0 aliphatic carbocycles. The van der Waals surface area contributed by atoms with Gasteiger partial charge in [-0.25, -0.2) is 4.79 Å². The van der Waals surface area contributed by atoms with Crippen LogP contribution in [0.4, 0.5) is 0 Å². The number of nitrogens with zero attached hydrogens (tertiary/aromatic N) is 1. The molecule has 5 nitrogen and oxygen atoms in total. The molecule has 0 fully saturated rings. The van der Waals surface area contributed by atoms with Gasteiger partial charge in [-0.15, -0.1) is 0 Å². The summed E-state index contributed by atoms with van der Waals surface area (Å²) in [4.78, 5) is 15.4. The predicted molar refractivity (Wildman–Crippen MR) is 72.3 cm³/mol. The lowest BCUT2D eigenvalue weighted by Crippen LogP contribution is -2.16. The maximum absolute atomic E-state index is 11.3. The first-order chi connectivity index (χ1) is 9.13. The lowest BCUT2D eigenvalue weighted by molar-refractivity contribution is -0.141. The average molecular weight is 265 g/mol. The number of carbonyl (C=O) groups is 1. The van der Waals surface area contributed by atoms with Crippen LogP contribution in [0, 0.1) is 0 Å². The fraction of sp³-hybridized carbons (Fsp3) is 0.429. The Labute approximate surface area is 113 Å². The summed E-state index contributed by atoms with van der Waals surface area (Å²) < 4.78 is 15.1. The SMILES string of the molecule is COC(=O)[C@@H](C)N=Cc1ccccc1C(OC)OC. The number of aliphatic imine (C=N–C) groups is 1. The van der Waals surface area contributed by atoms with E-state index in [0.717, 1.165) is 11.1 Å². The number of methoxy groups -OCH3 is 3. The van der Waals surface area contributed by atoms with E-state index in [1.807, 2.05) is 24.3 Å². The molecule has 0 aromatic heterocycles. The summed E-state index contributed by atoms with van der Waals surface area (Å²) in [6.45, 7) is 1.68. The minimum absolute atomic E-state index is 0.372. The van der Waals surface area contributed by atoms with E-state index in [4.69, 9.17) is 9.47 Å². The van der Waals surface area contributed by atoms with Crippen LogP contribution in [0.15, 0.2) is 29.3 Å². The van der Waals surface area contributed by atoms with Gasteiger partial charge in [-0.2, -0.15) is 0 Å². The van der Waals surface area contributed by atoms with Crippen LogP contribution in [0.3, 0.4) is 0 Å². The number of ether oxygens (including phenoxy) is 3. The van der Waals surface area contributed by atoms with E-state index in [2.05, 4.69) is 9.73 Å². The topological polar surface area (TPSA) is 57.1 Å². The van der Waals surface area contributed by atoms with E-state index in [9.17, 15) is 4.79 Å². The highest BCUT2D eigenvalue weighted by Crippen LogP contribution is 2.20. The quantitative estimate of drug-likeness (QED) is 0.448. The molecule has 1 rings (SSSR count). The third-order valence-corrected chi connectivity index (χ3v) is 2.66. The maximum atomic E-state index is 11.3. The number of hydrogen-bond acceptors (Lipinski definition) is 5. The molecular formula is C14H19NO4. The van der Waals surface area contributed by atoms with Crippen molar-refractivity contribution in [2.45, 2.75) is 19.3 Å². The van der Waals surface area contributed by atoms with E-state index in [1.165, 1.54) is 7.11 Å². The Morgan fingerprint density at radius 1 is 1.21 bits per heavy atom. The van der Waals surface area contributed by atoms with E-state index in [-0.39, 0.29) is 5.97 Å². The van der Waals surface area contributed by atoms with Gasteiger partial charge in [-0.1, -0.05) is 24.3 Å². The molecule has 0 heterocycles. The highest BCUT2D eigenvalue weighted by molar-refractivity contribution is 5.85. The molecule has 5 heteroatoms. The first kappa shape index (κ1) is 15.3. The van der Waals surface area contributed by atoms with Gasteiger partial charge in [-0.3, -0.25) is 4.99 Å². The average Bonchev–Trinajstić information content (AvgIpc) is 2.46. The van der Waals surface area contributed by atoms with Crippen molar-refractivity contribution < 1.29 is 19.0 Å². The molecule has 1 aromatic rings. The standard InChI is InChI=1S/C14H19NO4/c1-10(13(16)17-2)15-9-11-7-5-6-8-12(11)14(18-3)19-4/h5-10,14H,1-4H3/t10-/m1/s1. The van der Waals surface area contributed by atoms with Crippen LogP contribution >= 0.6 is 0 Å². The van der Waals surface area contributed by atoms with Gasteiger partial charge in [0.2, 0.25) is 0 Å². The molecule has 0 amide bonds. The molecule has 0 radical (unpaired) electrons. The molecule has 0 N–H and O–H groups in total. The third-order valence-electron chi connectivity index (χ3n) is 2.66. The van der Waals surface area contributed by atoms with Crippen molar-refractivity contribution in [3.63, 3.8) is 0 Å². The van der Waals surface area contributed by atoms with Crippen LogP contribution in [-0.2, 0) is 19.0 Å². The zero-order valence-electron chi connectivity index (χ0n) is 11.6. The Morgan fingerprint density at radius 3 is 2.42 bits per heavy atom. The van der Waals surface area contributed by atoms with Gasteiger partial charge in [0, 0.05) is 31.6 Å². The second-order valence-corrected chi connectivity index (χ2v) is 3.91. The van der Waals surface area contributed by atoms with E-state index in [1.54, 1.807) is 27.4 Å². The summed E-state index contributed by atoms with van der Waals surface area (Å²) >= 11 is 0. The molecule has 0 aliphatic heterocycles. The zero-order valence-corrected chi connectivity index (χ0v) is 11.6. The molecule has 1 aromatic carbocycles. The summed E-state index contributed by atoms with van der Waals surface area (Å²) in [6.07, 6.45) is 1.16. The number of esters is 1. The molecule has 104 valence electrons. The van der Waals surface area contributed by atoms with Crippen LogP contribution < -0.4 is 0 Å². The van der Waals surface area contributed by atoms with Crippen LogP contribution in [0.25, 0.3) is 0 Å². The number of benzene rings is 1. The minimum Gasteiger partial charge on any atom is -0.467 e. The minimum atomic E-state index is -0.540. The van der Waals surface area contributed by atoms with E-state index < -0.39 is 12.3 Å². The molecular weight excluding hydrogens is 246 g/mol. The number of rotatable bonds is 6. The Morgan fingerprint density at radius 2 is 1.84 bits per heavy atom. The second-order valence-electron chi connectivity index (χ2n) is 3.91. The zero-order chi connectivity index (χ0) is 14.3. The van der Waals surface area contributed by atoms with Crippen LogP contribution in [0.1, 0.15) is 24.3 Å². The van der Waals surface area contributed by atoms with Gasteiger partial charge in [0.25, 0.3) is 0 Å². The Bertz CT molecular complexity index is 441. The monoisotopic (exact) mass is 265 g/mol. The van der Waals surface area contributed by atoms with Crippen LogP contribution in [0.2, 0.25) is 0 Å². The summed E-state index contributed by atoms with van der Waals surface area (Å²) in [7, 11) is 4.48. The Kier molecular flexibility index (Phi) is 6.18. The van der Waals surface area contributed by atoms with Crippen molar-refractivity contribution in [1.82, 2.24) is 0 Å². The summed E-state index contributed by atoms with van der Waals surface area (Å²) in [5.74, 6) is -0.372. The summed E-state index contributed by atoms with van der Waals surface area (Å²) in [5, 5.41) is 0. The fourth-order valence-corrected chi connectivity index (χ4v) is 1.62. The van der Waals surface area contributed by atoms with Crippen molar-refractivity contribution in [2.75, 3.05) is 21.3 Å². The molecule has 0 saturated heterocycles. The van der Waals surface area contributed by atoms with Crippen molar-refractivity contribution in [3.05, 3.63) is 35.4 Å². The number of carbonyl (C=O) groups excluding carboxylic acids is 1. The number of hydrogen-bond donors (Lipinski definition) is 0. The highest BCUT2D eigenvalue weighted by atomic mass is 16.7. The molecule has 0 bridgehead atoms. The van der Waals surface area contributed by atoms with Gasteiger partial charge in [0.15, 0.2) is 6.29 Å². The normalized spacial score (nSPS) is 12.9. The van der Waals surface area contributed by atoms with Crippen molar-refractivity contribution >= 4 is 12.2 Å². The van der Waals surface area contributed by atoms with Gasteiger partial charge in [0.05, 0.1) is 7.11 Å². The second kappa shape index (κ2) is 7.66. The highest BCUT2D eigenvalue weighted by Gasteiger charge is 2.13. The van der Waals surface area contributed by atoms with Crippen molar-refractivity contribution in [3.8, 4) is 0 Å². The van der Waals surface area contributed by atoms with Crippen LogP contribution in [0.5, 0.6) is 0 Å². The van der Waals surface area contributed by atoms with Gasteiger partial charge in [-0.05, 0) is 6.92 Å². The lowest BCUT2D eigenvalue weighted by atomic mass is 10.1. The fourth-order valence-electron chi connectivity index (χ4n) is 1.62. The largest absolute Gasteiger partial charge is 0.467 e. The Hall–Kier alpha value is -1.72. The molecule has 0 aliphatic rings. The van der Waals surface area contributed by atoms with Crippen molar-refractivity contribution in [2.24, 2.45) is 4.99 Å². The first-order valence-corrected chi connectivity index (χ1v) is 5.89. The molecule has 0 saturated carbocycles. The summed E-state index contributed by atoms with van der Waals surface area (Å²) in [6, 6.07) is 7.01. The van der Waals surface area contributed by atoms with E-state index in [0.29, 0.717) is 0 Å². The predicted octanol–water partition coefficient (Wildman–Crippen LogP) is 1.96. The van der Waals surface area contributed by atoms with Crippen molar-refractivity contribution in [1.29, 1.82) is 0 Å². The molecule has 1 atom stereocenters. The molecule has 19 heavy (non-hydrogen) atoms. The maximum Gasteiger partial charge on any atom is 0.330 e. The molecule has 0 spiro atoms.